The minimum absolute atomic E-state index is 0.252. The second-order valence-corrected chi connectivity index (χ2v) is 4.10. The summed E-state index contributed by atoms with van der Waals surface area (Å²) in [6.07, 6.45) is 0.594. The van der Waals surface area contributed by atoms with Crippen LogP contribution in [0.3, 0.4) is 0 Å². The van der Waals surface area contributed by atoms with Crippen molar-refractivity contribution in [3.8, 4) is 0 Å². The van der Waals surface area contributed by atoms with Crippen LogP contribution in [0.2, 0.25) is 0 Å². The Kier molecular flexibility index (Phi) is 6.08. The zero-order valence-electron chi connectivity index (χ0n) is 10.0. The lowest BCUT2D eigenvalue weighted by molar-refractivity contribution is 0.145. The molecule has 0 fully saturated rings. The Morgan fingerprint density at radius 1 is 1.31 bits per heavy atom. The molecule has 0 bridgehead atoms. The molecule has 3 heteroatoms. The lowest BCUT2D eigenvalue weighted by atomic mass is 10.1. The first kappa shape index (κ1) is 13.2. The van der Waals surface area contributed by atoms with Gasteiger partial charge < -0.3 is 15.2 Å². The molecule has 0 aliphatic rings. The Bertz CT molecular complexity index is 275. The maximum absolute atomic E-state index is 9.23. The van der Waals surface area contributed by atoms with E-state index in [4.69, 9.17) is 4.74 Å². The fraction of sp³-hybridized carbons (Fsp3) is 0.538. The highest BCUT2D eigenvalue weighted by Gasteiger charge is 2.09. The third-order valence-electron chi connectivity index (χ3n) is 2.39. The smallest absolute Gasteiger partial charge is 0.0636 e. The number of nitrogens with one attached hydrogen (secondary N) is 1. The number of aliphatic hydroxyl groups is 1. The van der Waals surface area contributed by atoms with Gasteiger partial charge in [-0.1, -0.05) is 30.3 Å². The summed E-state index contributed by atoms with van der Waals surface area (Å²) in [5.74, 6) is 0. The van der Waals surface area contributed by atoms with Crippen LogP contribution in [-0.4, -0.2) is 37.5 Å². The number of aliphatic hydroxyl groups excluding tert-OH is 1. The first-order valence-electron chi connectivity index (χ1n) is 5.66. The number of methoxy groups -OCH3 is 1. The zero-order chi connectivity index (χ0) is 11.8. The van der Waals surface area contributed by atoms with E-state index in [-0.39, 0.29) is 12.1 Å². The van der Waals surface area contributed by atoms with Crippen LogP contribution in [0.5, 0.6) is 0 Å². The lowest BCUT2D eigenvalue weighted by Crippen LogP contribution is -2.39. The summed E-state index contributed by atoms with van der Waals surface area (Å²) in [4.78, 5) is 0. The molecule has 0 aliphatic carbocycles. The fourth-order valence-corrected chi connectivity index (χ4v) is 1.63. The van der Waals surface area contributed by atoms with Gasteiger partial charge in [0.25, 0.3) is 0 Å². The molecule has 1 aromatic rings. The molecule has 0 saturated carbocycles. The highest BCUT2D eigenvalue weighted by Crippen LogP contribution is 2.03. The highest BCUT2D eigenvalue weighted by atomic mass is 16.5. The minimum Gasteiger partial charge on any atom is -0.392 e. The van der Waals surface area contributed by atoms with E-state index in [1.54, 1.807) is 14.0 Å². The molecule has 0 amide bonds. The first-order valence-corrected chi connectivity index (χ1v) is 5.66. The quantitative estimate of drug-likeness (QED) is 0.730. The maximum Gasteiger partial charge on any atom is 0.0636 e. The van der Waals surface area contributed by atoms with Gasteiger partial charge in [-0.25, -0.2) is 0 Å². The molecule has 0 spiro atoms. The second-order valence-electron chi connectivity index (χ2n) is 4.10. The van der Waals surface area contributed by atoms with E-state index >= 15 is 0 Å². The Labute approximate surface area is 97.4 Å². The number of rotatable bonds is 7. The van der Waals surface area contributed by atoms with Gasteiger partial charge in [0.2, 0.25) is 0 Å². The Hall–Kier alpha value is -0.900. The molecule has 0 aliphatic heterocycles. The van der Waals surface area contributed by atoms with Gasteiger partial charge in [0.15, 0.2) is 0 Å². The maximum atomic E-state index is 9.23. The SMILES string of the molecule is COCC(Cc1ccccc1)NCC(C)O. The second kappa shape index (κ2) is 7.39. The summed E-state index contributed by atoms with van der Waals surface area (Å²) in [7, 11) is 1.70. The average Bonchev–Trinajstić information content (AvgIpc) is 2.27. The zero-order valence-corrected chi connectivity index (χ0v) is 10.0. The van der Waals surface area contributed by atoms with Crippen molar-refractivity contribution in [1.29, 1.82) is 0 Å². The van der Waals surface area contributed by atoms with Crippen molar-refractivity contribution in [2.45, 2.75) is 25.5 Å². The summed E-state index contributed by atoms with van der Waals surface area (Å²) in [6, 6.07) is 10.5. The fourth-order valence-electron chi connectivity index (χ4n) is 1.63. The monoisotopic (exact) mass is 223 g/mol. The van der Waals surface area contributed by atoms with Gasteiger partial charge in [0.1, 0.15) is 0 Å². The van der Waals surface area contributed by atoms with Crippen LogP contribution in [0.25, 0.3) is 0 Å². The third kappa shape index (κ3) is 5.26. The van der Waals surface area contributed by atoms with Crippen molar-refractivity contribution in [2.24, 2.45) is 0 Å². The highest BCUT2D eigenvalue weighted by molar-refractivity contribution is 5.15. The van der Waals surface area contributed by atoms with Crippen LogP contribution in [0.15, 0.2) is 30.3 Å². The third-order valence-corrected chi connectivity index (χ3v) is 2.39. The van der Waals surface area contributed by atoms with E-state index in [1.807, 2.05) is 18.2 Å². The summed E-state index contributed by atoms with van der Waals surface area (Å²) in [5, 5.41) is 12.5. The lowest BCUT2D eigenvalue weighted by Gasteiger charge is -2.19. The van der Waals surface area contributed by atoms with Crippen molar-refractivity contribution < 1.29 is 9.84 Å². The number of benzene rings is 1. The summed E-state index contributed by atoms with van der Waals surface area (Å²) in [6.45, 7) is 3.03. The Balaban J connectivity index is 2.44. The summed E-state index contributed by atoms with van der Waals surface area (Å²) >= 11 is 0. The van der Waals surface area contributed by atoms with Crippen molar-refractivity contribution in [3.05, 3.63) is 35.9 Å². The molecule has 2 N–H and O–H groups in total. The average molecular weight is 223 g/mol. The molecular formula is C13H21NO2. The predicted octanol–water partition coefficient (Wildman–Crippen LogP) is 1.21. The van der Waals surface area contributed by atoms with Gasteiger partial charge in [0, 0.05) is 19.7 Å². The van der Waals surface area contributed by atoms with Crippen molar-refractivity contribution in [2.75, 3.05) is 20.3 Å². The van der Waals surface area contributed by atoms with E-state index in [9.17, 15) is 5.11 Å². The first-order chi connectivity index (χ1) is 7.72. The summed E-state index contributed by atoms with van der Waals surface area (Å²) in [5.41, 5.74) is 1.28. The van der Waals surface area contributed by atoms with Crippen LogP contribution < -0.4 is 5.32 Å². The molecule has 2 unspecified atom stereocenters. The van der Waals surface area contributed by atoms with E-state index in [2.05, 4.69) is 17.4 Å². The van der Waals surface area contributed by atoms with Gasteiger partial charge in [-0.3, -0.25) is 0 Å². The Morgan fingerprint density at radius 2 is 2.00 bits per heavy atom. The van der Waals surface area contributed by atoms with Gasteiger partial charge in [-0.2, -0.15) is 0 Å². The topological polar surface area (TPSA) is 41.5 Å². The van der Waals surface area contributed by atoms with E-state index in [1.165, 1.54) is 5.56 Å². The Morgan fingerprint density at radius 3 is 2.56 bits per heavy atom. The molecule has 90 valence electrons. The largest absolute Gasteiger partial charge is 0.392 e. The molecule has 2 atom stereocenters. The number of ether oxygens (including phenoxy) is 1. The normalized spacial score (nSPS) is 14.7. The van der Waals surface area contributed by atoms with Crippen molar-refractivity contribution in [1.82, 2.24) is 5.32 Å². The van der Waals surface area contributed by atoms with Crippen molar-refractivity contribution in [3.63, 3.8) is 0 Å². The van der Waals surface area contributed by atoms with E-state index < -0.39 is 0 Å². The van der Waals surface area contributed by atoms with Crippen LogP contribution in [0.4, 0.5) is 0 Å². The molecule has 16 heavy (non-hydrogen) atoms. The molecule has 0 radical (unpaired) electrons. The van der Waals surface area contributed by atoms with Gasteiger partial charge in [0.05, 0.1) is 12.7 Å². The molecule has 1 aromatic carbocycles. The molecule has 0 saturated heterocycles. The van der Waals surface area contributed by atoms with Crippen LogP contribution in [-0.2, 0) is 11.2 Å². The molecule has 1 rings (SSSR count). The van der Waals surface area contributed by atoms with E-state index in [0.29, 0.717) is 13.2 Å². The van der Waals surface area contributed by atoms with Gasteiger partial charge in [-0.05, 0) is 18.9 Å². The number of hydrogen-bond donors (Lipinski definition) is 2. The van der Waals surface area contributed by atoms with Crippen LogP contribution >= 0.6 is 0 Å². The van der Waals surface area contributed by atoms with Gasteiger partial charge >= 0.3 is 0 Å². The molecule has 3 nitrogen and oxygen atoms in total. The summed E-state index contributed by atoms with van der Waals surface area (Å²) < 4.78 is 5.16. The van der Waals surface area contributed by atoms with Crippen LogP contribution in [0, 0.1) is 0 Å². The van der Waals surface area contributed by atoms with E-state index in [0.717, 1.165) is 6.42 Å². The number of hydrogen-bond acceptors (Lipinski definition) is 3. The van der Waals surface area contributed by atoms with Crippen LogP contribution in [0.1, 0.15) is 12.5 Å². The van der Waals surface area contributed by atoms with Crippen molar-refractivity contribution >= 4 is 0 Å². The van der Waals surface area contributed by atoms with Gasteiger partial charge in [-0.15, -0.1) is 0 Å². The minimum atomic E-state index is -0.324. The molecule has 0 heterocycles. The predicted molar refractivity (Wildman–Crippen MR) is 65.5 cm³/mol. The molecule has 0 aromatic heterocycles. The standard InChI is InChI=1S/C13H21NO2/c1-11(15)9-14-13(10-16-2)8-12-6-4-3-5-7-12/h3-7,11,13-15H,8-10H2,1-2H3. The molecular weight excluding hydrogens is 202 g/mol.